The van der Waals surface area contributed by atoms with Gasteiger partial charge in [-0.25, -0.2) is 0 Å². The molecule has 0 saturated heterocycles. The Bertz CT molecular complexity index is 522. The summed E-state index contributed by atoms with van der Waals surface area (Å²) in [7, 11) is 1.75. The van der Waals surface area contributed by atoms with Crippen molar-refractivity contribution in [3.63, 3.8) is 0 Å². The van der Waals surface area contributed by atoms with Crippen LogP contribution in [-0.2, 0) is 0 Å². The zero-order valence-electron chi connectivity index (χ0n) is 12.8. The minimum atomic E-state index is -0.452. The lowest BCUT2D eigenvalue weighted by atomic mass is 10.1. The summed E-state index contributed by atoms with van der Waals surface area (Å²) in [6.07, 6.45) is 1.99. The zero-order chi connectivity index (χ0) is 16.0. The Balaban J connectivity index is 3.05. The smallest absolute Gasteiger partial charge is 0.292 e. The van der Waals surface area contributed by atoms with Gasteiger partial charge in [-0.1, -0.05) is 0 Å². The van der Waals surface area contributed by atoms with Crippen molar-refractivity contribution in [2.45, 2.75) is 19.9 Å². The van der Waals surface area contributed by atoms with Crippen LogP contribution in [0, 0.1) is 10.1 Å². The number of amides is 1. The molecule has 0 saturated carbocycles. The van der Waals surface area contributed by atoms with E-state index in [9.17, 15) is 14.9 Å². The van der Waals surface area contributed by atoms with Gasteiger partial charge in [-0.05, 0) is 32.2 Å². The fourth-order valence-electron chi connectivity index (χ4n) is 1.92. The number of carbonyl (C=O) groups excluding carboxylic acids is 1. The van der Waals surface area contributed by atoms with Crippen LogP contribution in [-0.4, -0.2) is 47.4 Å². The molecule has 0 fully saturated rings. The maximum absolute atomic E-state index is 12.4. The standard InChI is InChI=1S/C14H21N3O3S/c1-5-15-12-8-11(6-7-13(12)17(19)20)14(18)16(3)10(2)9-21-4/h6-8,10,15H,5,9H2,1-4H3. The summed E-state index contributed by atoms with van der Waals surface area (Å²) in [4.78, 5) is 24.6. The number of rotatable bonds is 7. The molecule has 1 amide bonds. The Morgan fingerprint density at radius 2 is 2.19 bits per heavy atom. The van der Waals surface area contributed by atoms with Crippen LogP contribution in [0.15, 0.2) is 18.2 Å². The van der Waals surface area contributed by atoms with Crippen LogP contribution >= 0.6 is 11.8 Å². The normalized spacial score (nSPS) is 11.8. The van der Waals surface area contributed by atoms with Gasteiger partial charge in [0.25, 0.3) is 11.6 Å². The molecule has 0 aliphatic carbocycles. The highest BCUT2D eigenvalue weighted by Gasteiger charge is 2.20. The molecule has 116 valence electrons. The van der Waals surface area contributed by atoms with Crippen LogP contribution in [0.4, 0.5) is 11.4 Å². The maximum atomic E-state index is 12.4. The van der Waals surface area contributed by atoms with Crippen LogP contribution in [0.1, 0.15) is 24.2 Å². The van der Waals surface area contributed by atoms with Gasteiger partial charge in [-0.2, -0.15) is 11.8 Å². The number of benzene rings is 1. The van der Waals surface area contributed by atoms with E-state index < -0.39 is 4.92 Å². The largest absolute Gasteiger partial charge is 0.380 e. The van der Waals surface area contributed by atoms with E-state index in [-0.39, 0.29) is 17.6 Å². The lowest BCUT2D eigenvalue weighted by Crippen LogP contribution is -2.36. The van der Waals surface area contributed by atoms with E-state index in [4.69, 9.17) is 0 Å². The van der Waals surface area contributed by atoms with E-state index in [1.807, 2.05) is 20.1 Å². The van der Waals surface area contributed by atoms with Gasteiger partial charge in [0.05, 0.1) is 4.92 Å². The molecule has 0 bridgehead atoms. The number of anilines is 1. The monoisotopic (exact) mass is 311 g/mol. The second kappa shape index (κ2) is 7.87. The third-order valence-electron chi connectivity index (χ3n) is 3.20. The van der Waals surface area contributed by atoms with E-state index in [2.05, 4.69) is 5.32 Å². The van der Waals surface area contributed by atoms with Gasteiger partial charge >= 0.3 is 0 Å². The number of carbonyl (C=O) groups is 1. The Hall–Kier alpha value is -1.76. The second-order valence-electron chi connectivity index (χ2n) is 4.74. The first kappa shape index (κ1) is 17.3. The fourth-order valence-corrected chi connectivity index (χ4v) is 2.62. The molecule has 1 rings (SSSR count). The molecule has 1 unspecified atom stereocenters. The molecule has 21 heavy (non-hydrogen) atoms. The summed E-state index contributed by atoms with van der Waals surface area (Å²) in [5.74, 6) is 0.709. The Morgan fingerprint density at radius 3 is 2.71 bits per heavy atom. The van der Waals surface area contributed by atoms with Gasteiger partial charge in [0.2, 0.25) is 0 Å². The highest BCUT2D eigenvalue weighted by molar-refractivity contribution is 7.98. The van der Waals surface area contributed by atoms with Crippen LogP contribution in [0.5, 0.6) is 0 Å². The summed E-state index contributed by atoms with van der Waals surface area (Å²) in [5, 5.41) is 13.9. The van der Waals surface area contributed by atoms with Crippen molar-refractivity contribution in [1.29, 1.82) is 0 Å². The third kappa shape index (κ3) is 4.35. The fraction of sp³-hybridized carbons (Fsp3) is 0.500. The molecule has 0 spiro atoms. The van der Waals surface area contributed by atoms with E-state index >= 15 is 0 Å². The third-order valence-corrected chi connectivity index (χ3v) is 4.01. The van der Waals surface area contributed by atoms with Crippen molar-refractivity contribution in [3.05, 3.63) is 33.9 Å². The lowest BCUT2D eigenvalue weighted by Gasteiger charge is -2.24. The van der Waals surface area contributed by atoms with E-state index in [1.165, 1.54) is 12.1 Å². The van der Waals surface area contributed by atoms with Crippen molar-refractivity contribution < 1.29 is 9.72 Å². The van der Waals surface area contributed by atoms with Crippen LogP contribution in [0.2, 0.25) is 0 Å². The number of hydrogen-bond acceptors (Lipinski definition) is 5. The summed E-state index contributed by atoms with van der Waals surface area (Å²) < 4.78 is 0. The molecule has 1 atom stereocenters. The molecule has 0 radical (unpaired) electrons. The SMILES string of the molecule is CCNc1cc(C(=O)N(C)C(C)CSC)ccc1[N+](=O)[O-]. The average molecular weight is 311 g/mol. The first-order valence-corrected chi connectivity index (χ1v) is 8.10. The van der Waals surface area contributed by atoms with Crippen molar-refractivity contribution in [2.75, 3.05) is 30.9 Å². The van der Waals surface area contributed by atoms with Gasteiger partial charge in [-0.15, -0.1) is 0 Å². The summed E-state index contributed by atoms with van der Waals surface area (Å²) >= 11 is 1.67. The number of nitrogens with one attached hydrogen (secondary N) is 1. The number of nitro benzene ring substituents is 1. The summed E-state index contributed by atoms with van der Waals surface area (Å²) in [6, 6.07) is 4.53. The minimum absolute atomic E-state index is 0.0202. The van der Waals surface area contributed by atoms with Crippen LogP contribution < -0.4 is 5.32 Å². The summed E-state index contributed by atoms with van der Waals surface area (Å²) in [6.45, 7) is 4.38. The number of hydrogen-bond donors (Lipinski definition) is 1. The van der Waals surface area contributed by atoms with Gasteiger partial charge in [0, 0.05) is 37.0 Å². The number of thioether (sulfide) groups is 1. The Kier molecular flexibility index (Phi) is 6.48. The van der Waals surface area contributed by atoms with Crippen molar-refractivity contribution in [2.24, 2.45) is 0 Å². The Labute approximate surface area is 129 Å². The van der Waals surface area contributed by atoms with Crippen molar-refractivity contribution in [1.82, 2.24) is 4.90 Å². The average Bonchev–Trinajstić information content (AvgIpc) is 2.46. The van der Waals surface area contributed by atoms with Crippen LogP contribution in [0.3, 0.4) is 0 Å². The molecule has 0 aliphatic rings. The molecule has 0 heterocycles. The molecular formula is C14H21N3O3S. The van der Waals surface area contributed by atoms with E-state index in [0.29, 0.717) is 17.8 Å². The first-order chi connectivity index (χ1) is 9.92. The van der Waals surface area contributed by atoms with Gasteiger partial charge in [0.1, 0.15) is 5.69 Å². The second-order valence-corrected chi connectivity index (χ2v) is 5.65. The maximum Gasteiger partial charge on any atom is 0.292 e. The molecular weight excluding hydrogens is 290 g/mol. The number of nitrogens with zero attached hydrogens (tertiary/aromatic N) is 2. The van der Waals surface area contributed by atoms with E-state index in [1.54, 1.807) is 29.8 Å². The van der Waals surface area contributed by atoms with Gasteiger partial charge < -0.3 is 10.2 Å². The predicted octanol–water partition coefficient (Wildman–Crippen LogP) is 2.85. The van der Waals surface area contributed by atoms with Crippen molar-refractivity contribution in [3.8, 4) is 0 Å². The highest BCUT2D eigenvalue weighted by atomic mass is 32.2. The molecule has 6 nitrogen and oxygen atoms in total. The lowest BCUT2D eigenvalue weighted by molar-refractivity contribution is -0.384. The van der Waals surface area contributed by atoms with Crippen LogP contribution in [0.25, 0.3) is 0 Å². The van der Waals surface area contributed by atoms with Gasteiger partial charge in [-0.3, -0.25) is 14.9 Å². The topological polar surface area (TPSA) is 75.5 Å². The first-order valence-electron chi connectivity index (χ1n) is 6.70. The van der Waals surface area contributed by atoms with Crippen molar-refractivity contribution >= 4 is 29.0 Å². The molecule has 1 N–H and O–H groups in total. The molecule has 0 aliphatic heterocycles. The number of nitro groups is 1. The van der Waals surface area contributed by atoms with E-state index in [0.717, 1.165) is 5.75 Å². The predicted molar refractivity (Wildman–Crippen MR) is 87.2 cm³/mol. The molecule has 7 heteroatoms. The zero-order valence-corrected chi connectivity index (χ0v) is 13.6. The molecule has 1 aromatic rings. The minimum Gasteiger partial charge on any atom is -0.380 e. The quantitative estimate of drug-likeness (QED) is 0.619. The van der Waals surface area contributed by atoms with Gasteiger partial charge in [0.15, 0.2) is 0 Å². The molecule has 0 aromatic heterocycles. The molecule has 1 aromatic carbocycles. The summed E-state index contributed by atoms with van der Waals surface area (Å²) in [5.41, 5.74) is 0.805. The highest BCUT2D eigenvalue weighted by Crippen LogP contribution is 2.26. The Morgan fingerprint density at radius 1 is 1.52 bits per heavy atom.